The largest absolute Gasteiger partial charge is 0.254 e. The Morgan fingerprint density at radius 1 is 0.553 bits per heavy atom. The van der Waals surface area contributed by atoms with Gasteiger partial charge in [-0.15, -0.1) is 0 Å². The Labute approximate surface area is 222 Å². The van der Waals surface area contributed by atoms with Gasteiger partial charge in [-0.25, -0.2) is 4.98 Å². The summed E-state index contributed by atoms with van der Waals surface area (Å²) >= 11 is 0. The third-order valence-corrected chi connectivity index (χ3v) is 11.0. The first kappa shape index (κ1) is 21.5. The molecule has 8 rings (SSSR count). The molecule has 0 fully saturated rings. The third-order valence-electron chi connectivity index (χ3n) is 8.16. The fourth-order valence-corrected chi connectivity index (χ4v) is 8.75. The normalized spacial score (nSPS) is 14.2. The Morgan fingerprint density at radius 3 is 2.18 bits per heavy atom. The van der Waals surface area contributed by atoms with Gasteiger partial charge >= 0.3 is 0 Å². The van der Waals surface area contributed by atoms with Crippen LogP contribution in [0.3, 0.4) is 0 Å². The molecule has 0 amide bonds. The van der Waals surface area contributed by atoms with Crippen LogP contribution in [-0.2, 0) is 0 Å². The highest BCUT2D eigenvalue weighted by Gasteiger charge is 2.27. The van der Waals surface area contributed by atoms with E-state index in [0.717, 1.165) is 33.1 Å². The minimum Gasteiger partial charge on any atom is -0.254 e. The van der Waals surface area contributed by atoms with Crippen molar-refractivity contribution in [2.45, 2.75) is 6.55 Å². The average molecular weight is 501 g/mol. The van der Waals surface area contributed by atoms with Crippen LogP contribution in [0.25, 0.3) is 66.1 Å². The van der Waals surface area contributed by atoms with Crippen molar-refractivity contribution in [3.05, 3.63) is 121 Å². The lowest BCUT2D eigenvalue weighted by atomic mass is 9.95. The summed E-state index contributed by atoms with van der Waals surface area (Å²) < 4.78 is 0. The van der Waals surface area contributed by atoms with Gasteiger partial charge in [0.25, 0.3) is 0 Å². The summed E-state index contributed by atoms with van der Waals surface area (Å²) in [4.78, 5) is 9.62. The van der Waals surface area contributed by atoms with Crippen molar-refractivity contribution in [2.24, 2.45) is 0 Å². The van der Waals surface area contributed by atoms with Crippen LogP contribution in [0.15, 0.2) is 121 Å². The summed E-state index contributed by atoms with van der Waals surface area (Å²) in [6.07, 6.45) is 1.84. The molecule has 38 heavy (non-hydrogen) atoms. The van der Waals surface area contributed by atoms with Crippen LogP contribution in [0.4, 0.5) is 0 Å². The van der Waals surface area contributed by atoms with Gasteiger partial charge < -0.3 is 0 Å². The van der Waals surface area contributed by atoms with E-state index in [2.05, 4.69) is 121 Å². The SMILES string of the molecule is C[SiH]1c2ccccc2-c2c1ccc1cc(-c3ccc(-c4ccc5ccc6cccnc6c5n4)cc3)ccc21. The van der Waals surface area contributed by atoms with Gasteiger partial charge in [0.1, 0.15) is 8.80 Å². The van der Waals surface area contributed by atoms with E-state index >= 15 is 0 Å². The molecular formula is C35H24N2Si. The summed E-state index contributed by atoms with van der Waals surface area (Å²) in [6, 6.07) is 41.9. The summed E-state index contributed by atoms with van der Waals surface area (Å²) in [5.74, 6) is 0. The molecule has 7 aromatic rings. The Kier molecular flexibility index (Phi) is 4.64. The van der Waals surface area contributed by atoms with Crippen molar-refractivity contribution in [3.8, 4) is 33.5 Å². The number of pyridine rings is 2. The highest BCUT2D eigenvalue weighted by Crippen LogP contribution is 2.34. The van der Waals surface area contributed by atoms with Gasteiger partial charge in [-0.1, -0.05) is 109 Å². The molecule has 0 aliphatic carbocycles. The summed E-state index contributed by atoms with van der Waals surface area (Å²) in [6.45, 7) is 2.45. The molecule has 0 spiro atoms. The molecule has 0 saturated heterocycles. The fraction of sp³-hybridized carbons (Fsp3) is 0.0286. The number of hydrogen-bond donors (Lipinski definition) is 0. The van der Waals surface area contributed by atoms with Crippen LogP contribution in [-0.4, -0.2) is 18.8 Å². The summed E-state index contributed by atoms with van der Waals surface area (Å²) in [5, 5.41) is 8.04. The second-order valence-electron chi connectivity index (χ2n) is 10.3. The number of nitrogens with zero attached hydrogens (tertiary/aromatic N) is 2. The number of hydrogen-bond acceptors (Lipinski definition) is 2. The molecule has 2 aromatic heterocycles. The van der Waals surface area contributed by atoms with Crippen molar-refractivity contribution in [1.29, 1.82) is 0 Å². The average Bonchev–Trinajstić information content (AvgIpc) is 3.28. The van der Waals surface area contributed by atoms with Crippen LogP contribution >= 0.6 is 0 Å². The zero-order valence-corrected chi connectivity index (χ0v) is 22.2. The maximum atomic E-state index is 5.02. The van der Waals surface area contributed by atoms with E-state index in [1.54, 1.807) is 10.4 Å². The van der Waals surface area contributed by atoms with E-state index in [0.29, 0.717) is 0 Å². The van der Waals surface area contributed by atoms with Crippen molar-refractivity contribution in [2.75, 3.05) is 0 Å². The van der Waals surface area contributed by atoms with Crippen LogP contribution in [0, 0.1) is 0 Å². The molecule has 1 atom stereocenters. The lowest BCUT2D eigenvalue weighted by molar-refractivity contribution is 1.37. The molecule has 3 heteroatoms. The maximum absolute atomic E-state index is 5.02. The van der Waals surface area contributed by atoms with Crippen molar-refractivity contribution < 1.29 is 0 Å². The summed E-state index contributed by atoms with van der Waals surface area (Å²) in [7, 11) is -1.10. The second-order valence-corrected chi connectivity index (χ2v) is 12.9. The first-order valence-electron chi connectivity index (χ1n) is 13.2. The van der Waals surface area contributed by atoms with E-state index < -0.39 is 8.80 Å². The van der Waals surface area contributed by atoms with Crippen LogP contribution in [0.5, 0.6) is 0 Å². The standard InChI is InChI=1S/C35H24N2Si/c1-38-31-7-3-2-6-29(31)33-28-17-14-26(21-27(28)16-19-32(33)38)22-8-10-23(11-9-22)30-18-15-25-13-12-24-5-4-20-36-34(24)35(25)37-30/h2-21,38H,1H3. The molecule has 1 aliphatic heterocycles. The maximum Gasteiger partial charge on any atom is 0.101 e. The molecular weight excluding hydrogens is 476 g/mol. The van der Waals surface area contributed by atoms with Gasteiger partial charge in [-0.3, -0.25) is 4.98 Å². The highest BCUT2D eigenvalue weighted by molar-refractivity contribution is 6.89. The number of aromatic nitrogens is 2. The monoisotopic (exact) mass is 500 g/mol. The lowest BCUT2D eigenvalue weighted by Gasteiger charge is -2.11. The predicted molar refractivity (Wildman–Crippen MR) is 163 cm³/mol. The van der Waals surface area contributed by atoms with E-state index in [9.17, 15) is 0 Å². The van der Waals surface area contributed by atoms with Crippen LogP contribution in [0.2, 0.25) is 6.55 Å². The molecule has 0 saturated carbocycles. The Morgan fingerprint density at radius 2 is 1.29 bits per heavy atom. The van der Waals surface area contributed by atoms with Crippen molar-refractivity contribution in [1.82, 2.24) is 9.97 Å². The second kappa shape index (κ2) is 8.20. The molecule has 3 heterocycles. The quantitative estimate of drug-likeness (QED) is 0.185. The Balaban J connectivity index is 1.18. The van der Waals surface area contributed by atoms with Gasteiger partial charge in [0.05, 0.1) is 16.7 Å². The zero-order chi connectivity index (χ0) is 25.2. The zero-order valence-electron chi connectivity index (χ0n) is 21.0. The molecule has 0 bridgehead atoms. The predicted octanol–water partition coefficient (Wildman–Crippen LogP) is 7.22. The van der Waals surface area contributed by atoms with Crippen LogP contribution < -0.4 is 10.4 Å². The molecule has 1 aliphatic rings. The van der Waals surface area contributed by atoms with Gasteiger partial charge in [0.15, 0.2) is 0 Å². The minimum atomic E-state index is -1.10. The lowest BCUT2D eigenvalue weighted by Crippen LogP contribution is -2.34. The van der Waals surface area contributed by atoms with Gasteiger partial charge in [0.2, 0.25) is 0 Å². The van der Waals surface area contributed by atoms with Gasteiger partial charge in [0, 0.05) is 22.5 Å². The smallest absolute Gasteiger partial charge is 0.101 e. The van der Waals surface area contributed by atoms with Crippen molar-refractivity contribution in [3.63, 3.8) is 0 Å². The fourth-order valence-electron chi connectivity index (χ4n) is 6.18. The third kappa shape index (κ3) is 3.19. The number of rotatable bonds is 2. The molecule has 2 nitrogen and oxygen atoms in total. The van der Waals surface area contributed by atoms with E-state index in [1.165, 1.54) is 33.0 Å². The van der Waals surface area contributed by atoms with Crippen LogP contribution in [0.1, 0.15) is 0 Å². The Bertz CT molecular complexity index is 2040. The molecule has 0 radical (unpaired) electrons. The van der Waals surface area contributed by atoms with E-state index in [-0.39, 0.29) is 0 Å². The molecule has 178 valence electrons. The Hall–Kier alpha value is -4.60. The van der Waals surface area contributed by atoms with E-state index in [4.69, 9.17) is 4.98 Å². The van der Waals surface area contributed by atoms with Gasteiger partial charge in [-0.2, -0.15) is 0 Å². The van der Waals surface area contributed by atoms with E-state index in [1.807, 2.05) is 12.3 Å². The molecule has 1 unspecified atom stereocenters. The first-order valence-corrected chi connectivity index (χ1v) is 15.5. The van der Waals surface area contributed by atoms with Gasteiger partial charge in [-0.05, 0) is 56.4 Å². The first-order chi connectivity index (χ1) is 18.7. The summed E-state index contributed by atoms with van der Waals surface area (Å²) in [5.41, 5.74) is 9.33. The number of benzene rings is 5. The minimum absolute atomic E-state index is 0.950. The molecule has 0 N–H and O–H groups in total. The highest BCUT2D eigenvalue weighted by atomic mass is 28.3. The topological polar surface area (TPSA) is 25.8 Å². The number of fused-ring (bicyclic) bond motifs is 8. The molecule has 5 aromatic carbocycles. The van der Waals surface area contributed by atoms with Crippen molar-refractivity contribution >= 4 is 51.7 Å².